The molecule has 2 rings (SSSR count). The average molecular weight is 212 g/mol. The molecule has 0 aliphatic carbocycles. The predicted octanol–water partition coefficient (Wildman–Crippen LogP) is 0.0639. The van der Waals surface area contributed by atoms with Crippen LogP contribution in [0, 0.1) is 0 Å². The first kappa shape index (κ1) is 10.9. The molecule has 1 atom stereocenters. The number of rotatable bonds is 2. The Morgan fingerprint density at radius 3 is 2.40 bits per heavy atom. The second-order valence-electron chi connectivity index (χ2n) is 4.67. The van der Waals surface area contributed by atoms with Crippen molar-refractivity contribution in [2.75, 3.05) is 26.2 Å². The van der Waals surface area contributed by atoms with Gasteiger partial charge in [0.1, 0.15) is 0 Å². The molecule has 15 heavy (non-hydrogen) atoms. The van der Waals surface area contributed by atoms with Crippen LogP contribution >= 0.6 is 0 Å². The number of hydrogen-bond donors (Lipinski definition) is 1. The molecule has 0 aromatic heterocycles. The van der Waals surface area contributed by atoms with Gasteiger partial charge < -0.3 is 10.0 Å². The quantitative estimate of drug-likeness (QED) is 0.704. The maximum Gasteiger partial charge on any atom is 0.239 e. The minimum Gasteiger partial charge on any atom is -0.390 e. The van der Waals surface area contributed by atoms with E-state index in [1.807, 2.05) is 16.7 Å². The second-order valence-corrected chi connectivity index (χ2v) is 4.67. The molecule has 86 valence electrons. The number of nitrogens with zero attached hydrogens (tertiary/aromatic N) is 2. The van der Waals surface area contributed by atoms with Gasteiger partial charge in [0.05, 0.1) is 12.1 Å². The van der Waals surface area contributed by atoms with E-state index < -0.39 is 0 Å². The van der Waals surface area contributed by atoms with E-state index >= 15 is 0 Å². The highest BCUT2D eigenvalue weighted by Crippen LogP contribution is 2.16. The molecular formula is C11H20N2O2. The third-order valence-corrected chi connectivity index (χ3v) is 3.46. The summed E-state index contributed by atoms with van der Waals surface area (Å²) in [6.45, 7) is 5.09. The number of amides is 1. The minimum atomic E-state index is -0.221. The van der Waals surface area contributed by atoms with Crippen LogP contribution in [0.3, 0.4) is 0 Å². The first-order valence-electron chi connectivity index (χ1n) is 5.89. The van der Waals surface area contributed by atoms with Gasteiger partial charge in [-0.1, -0.05) is 0 Å². The topological polar surface area (TPSA) is 43.8 Å². The fourth-order valence-electron chi connectivity index (χ4n) is 2.34. The van der Waals surface area contributed by atoms with Crippen molar-refractivity contribution in [1.82, 2.24) is 9.80 Å². The van der Waals surface area contributed by atoms with E-state index in [0.29, 0.717) is 13.1 Å². The van der Waals surface area contributed by atoms with Crippen molar-refractivity contribution in [3.63, 3.8) is 0 Å². The highest BCUT2D eigenvalue weighted by Gasteiger charge is 2.34. The van der Waals surface area contributed by atoms with E-state index in [9.17, 15) is 9.90 Å². The minimum absolute atomic E-state index is 0.0495. The maximum absolute atomic E-state index is 12.0. The van der Waals surface area contributed by atoms with E-state index in [1.165, 1.54) is 6.42 Å². The van der Waals surface area contributed by atoms with Gasteiger partial charge in [0.2, 0.25) is 5.91 Å². The van der Waals surface area contributed by atoms with Crippen LogP contribution in [-0.2, 0) is 4.79 Å². The molecular weight excluding hydrogens is 192 g/mol. The molecule has 4 nitrogen and oxygen atoms in total. The van der Waals surface area contributed by atoms with Gasteiger partial charge in [-0.3, -0.25) is 9.69 Å². The van der Waals surface area contributed by atoms with Crippen molar-refractivity contribution in [3.05, 3.63) is 0 Å². The first-order chi connectivity index (χ1) is 7.18. The molecule has 0 saturated carbocycles. The van der Waals surface area contributed by atoms with Crippen molar-refractivity contribution in [2.45, 2.75) is 38.3 Å². The fraction of sp³-hybridized carbons (Fsp3) is 0.909. The van der Waals surface area contributed by atoms with Crippen LogP contribution in [0.1, 0.15) is 26.2 Å². The summed E-state index contributed by atoms with van der Waals surface area (Å²) in [5.41, 5.74) is 0. The molecule has 2 heterocycles. The molecule has 4 heteroatoms. The van der Waals surface area contributed by atoms with Crippen molar-refractivity contribution in [1.29, 1.82) is 0 Å². The van der Waals surface area contributed by atoms with Crippen LogP contribution in [-0.4, -0.2) is 59.1 Å². The molecule has 0 bridgehead atoms. The van der Waals surface area contributed by atoms with E-state index in [4.69, 9.17) is 0 Å². The molecule has 1 unspecified atom stereocenters. The summed E-state index contributed by atoms with van der Waals surface area (Å²) in [5, 5.41) is 9.19. The third kappa shape index (κ3) is 2.32. The lowest BCUT2D eigenvalue weighted by Crippen LogP contribution is -2.59. The molecule has 2 aliphatic rings. The highest BCUT2D eigenvalue weighted by atomic mass is 16.3. The number of β-amino-alcohol motifs (C(OH)–C–C–N with tert-alkyl or cyclic N) is 1. The largest absolute Gasteiger partial charge is 0.390 e. The molecule has 0 aromatic rings. The average Bonchev–Trinajstić information content (AvgIpc) is 2.24. The molecule has 0 radical (unpaired) electrons. The van der Waals surface area contributed by atoms with E-state index in [1.54, 1.807) is 0 Å². The third-order valence-electron chi connectivity index (χ3n) is 3.46. The van der Waals surface area contributed by atoms with Gasteiger partial charge in [0, 0.05) is 26.2 Å². The van der Waals surface area contributed by atoms with Crippen LogP contribution in [0.4, 0.5) is 0 Å². The summed E-state index contributed by atoms with van der Waals surface area (Å²) in [5.74, 6) is 0.238. The summed E-state index contributed by atoms with van der Waals surface area (Å²) < 4.78 is 0. The summed E-state index contributed by atoms with van der Waals surface area (Å²) in [6.07, 6.45) is 3.31. The number of carbonyl (C=O) groups is 1. The molecule has 0 aromatic carbocycles. The predicted molar refractivity (Wildman–Crippen MR) is 57.5 cm³/mol. The Bertz CT molecular complexity index is 233. The van der Waals surface area contributed by atoms with Gasteiger partial charge in [-0.15, -0.1) is 0 Å². The zero-order valence-electron chi connectivity index (χ0n) is 9.35. The van der Waals surface area contributed by atoms with Gasteiger partial charge in [-0.05, 0) is 26.2 Å². The van der Waals surface area contributed by atoms with Crippen molar-refractivity contribution in [3.8, 4) is 0 Å². The number of aliphatic hydroxyl groups excluding tert-OH is 1. The molecule has 2 saturated heterocycles. The highest BCUT2D eigenvalue weighted by molar-refractivity contribution is 5.81. The van der Waals surface area contributed by atoms with E-state index in [0.717, 1.165) is 25.9 Å². The normalized spacial score (nSPS) is 26.1. The Hall–Kier alpha value is -0.610. The number of aliphatic hydroxyl groups is 1. The summed E-state index contributed by atoms with van der Waals surface area (Å²) in [6, 6.07) is -0.0495. The van der Waals surface area contributed by atoms with E-state index in [2.05, 4.69) is 0 Å². The first-order valence-corrected chi connectivity index (χ1v) is 5.89. The maximum atomic E-state index is 12.0. The zero-order valence-corrected chi connectivity index (χ0v) is 9.35. The van der Waals surface area contributed by atoms with Crippen molar-refractivity contribution in [2.24, 2.45) is 0 Å². The van der Waals surface area contributed by atoms with Gasteiger partial charge in [-0.25, -0.2) is 0 Å². The van der Waals surface area contributed by atoms with Gasteiger partial charge in [0.15, 0.2) is 0 Å². The van der Waals surface area contributed by atoms with Crippen LogP contribution in [0.15, 0.2) is 0 Å². The summed E-state index contributed by atoms with van der Waals surface area (Å²) in [7, 11) is 0. The summed E-state index contributed by atoms with van der Waals surface area (Å²) in [4.78, 5) is 16.1. The lowest BCUT2D eigenvalue weighted by Gasteiger charge is -2.41. The Morgan fingerprint density at radius 2 is 1.87 bits per heavy atom. The Kier molecular flexibility index (Phi) is 3.26. The number of carbonyl (C=O) groups excluding carboxylic acids is 1. The fourth-order valence-corrected chi connectivity index (χ4v) is 2.34. The number of piperidine rings is 1. The number of hydrogen-bond acceptors (Lipinski definition) is 3. The summed E-state index contributed by atoms with van der Waals surface area (Å²) >= 11 is 0. The SMILES string of the molecule is CC(C(=O)N1CCCCC1)N1CC(O)C1. The Morgan fingerprint density at radius 1 is 1.27 bits per heavy atom. The van der Waals surface area contributed by atoms with Crippen LogP contribution < -0.4 is 0 Å². The van der Waals surface area contributed by atoms with Gasteiger partial charge in [0.25, 0.3) is 0 Å². The molecule has 0 spiro atoms. The van der Waals surface area contributed by atoms with Gasteiger partial charge in [-0.2, -0.15) is 0 Å². The lowest BCUT2D eigenvalue weighted by molar-refractivity contribution is -0.141. The molecule has 1 N–H and O–H groups in total. The van der Waals surface area contributed by atoms with Crippen molar-refractivity contribution < 1.29 is 9.90 Å². The van der Waals surface area contributed by atoms with Crippen molar-refractivity contribution >= 4 is 5.91 Å². The van der Waals surface area contributed by atoms with E-state index in [-0.39, 0.29) is 18.1 Å². The lowest BCUT2D eigenvalue weighted by atomic mass is 10.1. The van der Waals surface area contributed by atoms with Crippen LogP contribution in [0.2, 0.25) is 0 Å². The zero-order chi connectivity index (χ0) is 10.8. The Balaban J connectivity index is 1.83. The Labute approximate surface area is 90.9 Å². The second kappa shape index (κ2) is 4.49. The molecule has 2 fully saturated rings. The standard InChI is InChI=1S/C11H20N2O2/c1-9(13-7-10(14)8-13)11(15)12-5-3-2-4-6-12/h9-10,14H,2-8H2,1H3. The smallest absolute Gasteiger partial charge is 0.239 e. The monoisotopic (exact) mass is 212 g/mol. The molecule has 2 aliphatic heterocycles. The number of likely N-dealkylation sites (tertiary alicyclic amines) is 2. The van der Waals surface area contributed by atoms with Gasteiger partial charge >= 0.3 is 0 Å². The van der Waals surface area contributed by atoms with Crippen LogP contribution in [0.5, 0.6) is 0 Å². The molecule has 1 amide bonds. The van der Waals surface area contributed by atoms with Crippen LogP contribution in [0.25, 0.3) is 0 Å².